The topological polar surface area (TPSA) is 32.3 Å². The second-order valence-corrected chi connectivity index (χ2v) is 4.95. The summed E-state index contributed by atoms with van der Waals surface area (Å²) < 4.78 is 0. The molecule has 2 aromatic rings. The molecule has 3 nitrogen and oxygen atoms in total. The van der Waals surface area contributed by atoms with Gasteiger partial charge in [0.1, 0.15) is 0 Å². The summed E-state index contributed by atoms with van der Waals surface area (Å²) in [6.45, 7) is 3.00. The minimum Gasteiger partial charge on any atom is -0.376 e. The van der Waals surface area contributed by atoms with E-state index in [9.17, 15) is 4.79 Å². The first kappa shape index (κ1) is 14.1. The third-order valence-electron chi connectivity index (χ3n) is 3.18. The van der Waals surface area contributed by atoms with Gasteiger partial charge in [0.2, 0.25) is 5.91 Å². The lowest BCUT2D eigenvalue weighted by molar-refractivity contribution is -0.128. The zero-order valence-electron chi connectivity index (χ0n) is 12.0. The third kappa shape index (κ3) is 4.12. The van der Waals surface area contributed by atoms with Crippen LogP contribution < -0.4 is 5.32 Å². The average Bonchev–Trinajstić information content (AvgIpc) is 2.48. The van der Waals surface area contributed by atoms with Crippen LogP contribution in [0.2, 0.25) is 0 Å². The zero-order valence-corrected chi connectivity index (χ0v) is 12.0. The van der Waals surface area contributed by atoms with Crippen LogP contribution in [-0.2, 0) is 11.3 Å². The van der Waals surface area contributed by atoms with Crippen LogP contribution in [0.15, 0.2) is 54.6 Å². The Morgan fingerprint density at radius 3 is 2.35 bits per heavy atom. The van der Waals surface area contributed by atoms with E-state index in [4.69, 9.17) is 0 Å². The second-order valence-electron chi connectivity index (χ2n) is 4.95. The first-order valence-corrected chi connectivity index (χ1v) is 6.73. The van der Waals surface area contributed by atoms with Gasteiger partial charge in [-0.1, -0.05) is 48.0 Å². The standard InChI is InChI=1S/C17H20N2O/c1-14-8-10-15(11-9-14)13-19(2)17(20)12-18-16-6-4-3-5-7-16/h3-11,18H,12-13H2,1-2H3. The van der Waals surface area contributed by atoms with Crippen molar-refractivity contribution in [3.8, 4) is 0 Å². The molecule has 0 saturated carbocycles. The summed E-state index contributed by atoms with van der Waals surface area (Å²) in [7, 11) is 1.83. The molecule has 2 rings (SSSR count). The Labute approximate surface area is 120 Å². The van der Waals surface area contributed by atoms with Gasteiger partial charge in [-0.15, -0.1) is 0 Å². The largest absolute Gasteiger partial charge is 0.376 e. The number of carbonyl (C=O) groups is 1. The summed E-state index contributed by atoms with van der Waals surface area (Å²) in [5, 5.41) is 3.13. The van der Waals surface area contributed by atoms with Gasteiger partial charge in [-0.2, -0.15) is 0 Å². The van der Waals surface area contributed by atoms with E-state index < -0.39 is 0 Å². The van der Waals surface area contributed by atoms with Crippen molar-refractivity contribution >= 4 is 11.6 Å². The molecule has 1 amide bonds. The molecule has 0 radical (unpaired) electrons. The van der Waals surface area contributed by atoms with Crippen LogP contribution >= 0.6 is 0 Å². The lowest BCUT2D eigenvalue weighted by Crippen LogP contribution is -2.31. The Morgan fingerprint density at radius 2 is 1.70 bits per heavy atom. The van der Waals surface area contributed by atoms with Gasteiger partial charge in [0.05, 0.1) is 6.54 Å². The number of hydrogen-bond donors (Lipinski definition) is 1. The van der Waals surface area contributed by atoms with Crippen LogP contribution in [0, 0.1) is 6.92 Å². The fourth-order valence-electron chi connectivity index (χ4n) is 1.92. The number of nitrogens with one attached hydrogen (secondary N) is 1. The molecule has 0 aliphatic carbocycles. The maximum absolute atomic E-state index is 12.1. The van der Waals surface area contributed by atoms with Crippen LogP contribution in [0.5, 0.6) is 0 Å². The Balaban J connectivity index is 1.84. The first-order valence-electron chi connectivity index (χ1n) is 6.73. The van der Waals surface area contributed by atoms with Gasteiger partial charge in [-0.3, -0.25) is 4.79 Å². The second kappa shape index (κ2) is 6.75. The summed E-state index contributed by atoms with van der Waals surface area (Å²) in [5.41, 5.74) is 3.34. The molecule has 0 atom stereocenters. The number of para-hydroxylation sites is 1. The highest BCUT2D eigenvalue weighted by Crippen LogP contribution is 2.07. The number of rotatable bonds is 5. The SMILES string of the molecule is Cc1ccc(CN(C)C(=O)CNc2ccccc2)cc1. The third-order valence-corrected chi connectivity index (χ3v) is 3.18. The Morgan fingerprint density at radius 1 is 1.05 bits per heavy atom. The molecule has 0 fully saturated rings. The van der Waals surface area contributed by atoms with Gasteiger partial charge in [-0.05, 0) is 24.6 Å². The van der Waals surface area contributed by atoms with Gasteiger partial charge in [0.15, 0.2) is 0 Å². The van der Waals surface area contributed by atoms with E-state index in [1.165, 1.54) is 5.56 Å². The lowest BCUT2D eigenvalue weighted by Gasteiger charge is -2.18. The minimum absolute atomic E-state index is 0.0782. The number of carbonyl (C=O) groups excluding carboxylic acids is 1. The summed E-state index contributed by atoms with van der Waals surface area (Å²) >= 11 is 0. The number of anilines is 1. The minimum atomic E-state index is 0.0782. The fourth-order valence-corrected chi connectivity index (χ4v) is 1.92. The predicted molar refractivity (Wildman–Crippen MR) is 82.6 cm³/mol. The molecule has 0 aliphatic rings. The van der Waals surface area contributed by atoms with Crippen LogP contribution in [-0.4, -0.2) is 24.4 Å². The molecular weight excluding hydrogens is 248 g/mol. The van der Waals surface area contributed by atoms with Crippen molar-refractivity contribution in [2.24, 2.45) is 0 Å². The lowest BCUT2D eigenvalue weighted by atomic mass is 10.1. The normalized spacial score (nSPS) is 10.1. The summed E-state index contributed by atoms with van der Waals surface area (Å²) in [6, 6.07) is 18.0. The Bertz CT molecular complexity index is 549. The van der Waals surface area contributed by atoms with Gasteiger partial charge >= 0.3 is 0 Å². The van der Waals surface area contributed by atoms with Crippen molar-refractivity contribution in [3.05, 3.63) is 65.7 Å². The van der Waals surface area contributed by atoms with E-state index in [0.717, 1.165) is 11.3 Å². The van der Waals surface area contributed by atoms with E-state index >= 15 is 0 Å². The molecule has 0 saturated heterocycles. The summed E-state index contributed by atoms with van der Waals surface area (Å²) in [5.74, 6) is 0.0782. The average molecular weight is 268 g/mol. The van der Waals surface area contributed by atoms with Crippen molar-refractivity contribution in [2.45, 2.75) is 13.5 Å². The van der Waals surface area contributed by atoms with Gasteiger partial charge in [-0.25, -0.2) is 0 Å². The highest BCUT2D eigenvalue weighted by molar-refractivity contribution is 5.80. The molecular formula is C17H20N2O. The van der Waals surface area contributed by atoms with Crippen LogP contribution in [0.25, 0.3) is 0 Å². The molecule has 104 valence electrons. The van der Waals surface area contributed by atoms with Gasteiger partial charge in [0.25, 0.3) is 0 Å². The van der Waals surface area contributed by atoms with E-state index in [2.05, 4.69) is 36.5 Å². The van der Waals surface area contributed by atoms with Crippen molar-refractivity contribution in [3.63, 3.8) is 0 Å². The van der Waals surface area contributed by atoms with E-state index in [1.54, 1.807) is 4.90 Å². The molecule has 2 aromatic carbocycles. The van der Waals surface area contributed by atoms with E-state index in [1.807, 2.05) is 37.4 Å². The molecule has 0 spiro atoms. The molecule has 0 unspecified atom stereocenters. The smallest absolute Gasteiger partial charge is 0.241 e. The first-order chi connectivity index (χ1) is 9.65. The van der Waals surface area contributed by atoms with Crippen molar-refractivity contribution in [2.75, 3.05) is 18.9 Å². The fraction of sp³-hybridized carbons (Fsp3) is 0.235. The Kier molecular flexibility index (Phi) is 4.77. The maximum atomic E-state index is 12.1. The number of amides is 1. The molecule has 0 aliphatic heterocycles. The monoisotopic (exact) mass is 268 g/mol. The number of likely N-dealkylation sites (N-methyl/N-ethyl adjacent to an activating group) is 1. The summed E-state index contributed by atoms with van der Waals surface area (Å²) in [4.78, 5) is 13.8. The molecule has 0 bridgehead atoms. The van der Waals surface area contributed by atoms with Crippen LogP contribution in [0.3, 0.4) is 0 Å². The number of benzene rings is 2. The highest BCUT2D eigenvalue weighted by atomic mass is 16.2. The van der Waals surface area contributed by atoms with Crippen molar-refractivity contribution in [1.82, 2.24) is 4.90 Å². The molecule has 3 heteroatoms. The van der Waals surface area contributed by atoms with Crippen molar-refractivity contribution in [1.29, 1.82) is 0 Å². The maximum Gasteiger partial charge on any atom is 0.241 e. The number of aryl methyl sites for hydroxylation is 1. The van der Waals surface area contributed by atoms with E-state index in [0.29, 0.717) is 13.1 Å². The molecule has 1 N–H and O–H groups in total. The highest BCUT2D eigenvalue weighted by Gasteiger charge is 2.08. The zero-order chi connectivity index (χ0) is 14.4. The van der Waals surface area contributed by atoms with Crippen LogP contribution in [0.1, 0.15) is 11.1 Å². The number of nitrogens with zero attached hydrogens (tertiary/aromatic N) is 1. The number of hydrogen-bond acceptors (Lipinski definition) is 2. The van der Waals surface area contributed by atoms with Gasteiger partial charge < -0.3 is 10.2 Å². The molecule has 0 aromatic heterocycles. The summed E-state index contributed by atoms with van der Waals surface area (Å²) in [6.07, 6.45) is 0. The van der Waals surface area contributed by atoms with E-state index in [-0.39, 0.29) is 5.91 Å². The Hall–Kier alpha value is -2.29. The quantitative estimate of drug-likeness (QED) is 0.904. The molecule has 20 heavy (non-hydrogen) atoms. The predicted octanol–water partition coefficient (Wildman–Crippen LogP) is 3.07. The van der Waals surface area contributed by atoms with Crippen molar-refractivity contribution < 1.29 is 4.79 Å². The molecule has 0 heterocycles. The van der Waals surface area contributed by atoms with Gasteiger partial charge in [0, 0.05) is 19.3 Å². The van der Waals surface area contributed by atoms with Crippen LogP contribution in [0.4, 0.5) is 5.69 Å².